The lowest BCUT2D eigenvalue weighted by Gasteiger charge is -2.31. The molecule has 0 atom stereocenters. The third-order valence-electron chi connectivity index (χ3n) is 6.50. The van der Waals surface area contributed by atoms with Gasteiger partial charge in [0, 0.05) is 37.4 Å². The summed E-state index contributed by atoms with van der Waals surface area (Å²) in [7, 11) is 0. The van der Waals surface area contributed by atoms with Crippen molar-refractivity contribution in [3.8, 4) is 6.07 Å². The zero-order valence-electron chi connectivity index (χ0n) is 20.2. The van der Waals surface area contributed by atoms with E-state index in [9.17, 15) is 22.8 Å². The summed E-state index contributed by atoms with van der Waals surface area (Å²) >= 11 is 5.59. The average molecular weight is 528 g/mol. The van der Waals surface area contributed by atoms with E-state index in [1.165, 1.54) is 12.1 Å². The molecule has 2 fully saturated rings. The molecule has 0 aromatic heterocycles. The third-order valence-corrected chi connectivity index (χ3v) is 6.87. The van der Waals surface area contributed by atoms with Crippen molar-refractivity contribution in [3.05, 3.63) is 65.2 Å². The summed E-state index contributed by atoms with van der Waals surface area (Å²) in [5, 5.41) is 12.3. The number of nitriles is 1. The van der Waals surface area contributed by atoms with Crippen molar-refractivity contribution >= 4 is 46.6 Å². The monoisotopic (exact) mass is 527 g/mol. The number of hydrogen-bond acceptors (Lipinski definition) is 5. The van der Waals surface area contributed by atoms with Crippen LogP contribution in [0.15, 0.2) is 43.0 Å². The van der Waals surface area contributed by atoms with Gasteiger partial charge in [-0.15, -0.1) is 0 Å². The number of alkyl halides is 3. The molecular formula is C26H24F3N5O2S. The molecule has 192 valence electrons. The van der Waals surface area contributed by atoms with E-state index < -0.39 is 28.7 Å². The van der Waals surface area contributed by atoms with E-state index in [1.807, 2.05) is 0 Å². The number of benzene rings is 2. The number of anilines is 2. The molecule has 0 aliphatic carbocycles. The topological polar surface area (TPSA) is 79.7 Å². The van der Waals surface area contributed by atoms with Crippen LogP contribution < -0.4 is 15.1 Å². The van der Waals surface area contributed by atoms with Crippen LogP contribution in [0.3, 0.4) is 0 Å². The van der Waals surface area contributed by atoms with Crippen LogP contribution in [0.25, 0.3) is 6.08 Å². The van der Waals surface area contributed by atoms with Crippen molar-refractivity contribution in [2.45, 2.75) is 25.6 Å². The van der Waals surface area contributed by atoms with Gasteiger partial charge in [0.15, 0.2) is 5.11 Å². The second kappa shape index (κ2) is 9.61. The van der Waals surface area contributed by atoms with Gasteiger partial charge < -0.3 is 15.1 Å². The lowest BCUT2D eigenvalue weighted by molar-refractivity contribution is -0.137. The number of thiocarbonyl (C=S) groups is 1. The Labute approximate surface area is 217 Å². The van der Waals surface area contributed by atoms with Gasteiger partial charge in [0.2, 0.25) is 0 Å². The molecule has 1 N–H and O–H groups in total. The Kier molecular flexibility index (Phi) is 6.83. The summed E-state index contributed by atoms with van der Waals surface area (Å²) in [6.45, 7) is 9.61. The zero-order chi connectivity index (χ0) is 27.1. The number of nitrogens with one attached hydrogen (secondary N) is 1. The van der Waals surface area contributed by atoms with Crippen molar-refractivity contribution in [3.63, 3.8) is 0 Å². The molecule has 2 aliphatic heterocycles. The molecule has 0 bridgehead atoms. The summed E-state index contributed by atoms with van der Waals surface area (Å²) < 4.78 is 40.7. The molecule has 0 radical (unpaired) electrons. The van der Waals surface area contributed by atoms with Crippen molar-refractivity contribution in [1.29, 1.82) is 5.26 Å². The van der Waals surface area contributed by atoms with Crippen molar-refractivity contribution in [2.75, 3.05) is 36.0 Å². The smallest absolute Gasteiger partial charge is 0.336 e. The van der Waals surface area contributed by atoms with Crippen LogP contribution in [-0.2, 0) is 11.0 Å². The van der Waals surface area contributed by atoms with Gasteiger partial charge in [-0.3, -0.25) is 14.5 Å². The molecule has 2 saturated heterocycles. The molecule has 37 heavy (non-hydrogen) atoms. The highest BCUT2D eigenvalue weighted by Crippen LogP contribution is 2.40. The fraction of sp³-hybridized carbons (Fsp3) is 0.308. The quantitative estimate of drug-likeness (QED) is 0.601. The summed E-state index contributed by atoms with van der Waals surface area (Å²) in [5.74, 6) is -0.669. The lowest BCUT2D eigenvalue weighted by Crippen LogP contribution is -2.46. The SMILES string of the molecule is C=Cc1cc(N2C(=S)N(c3ccc(C#N)c(C(F)(F)F)c3)C(=O)C2(C)C)ccc1C(=O)N1CCNCC1. The van der Waals surface area contributed by atoms with Gasteiger partial charge in [-0.2, -0.15) is 18.4 Å². The first-order chi connectivity index (χ1) is 17.4. The second-order valence-corrected chi connectivity index (χ2v) is 9.54. The Morgan fingerprint density at radius 2 is 1.81 bits per heavy atom. The van der Waals surface area contributed by atoms with Gasteiger partial charge in [-0.1, -0.05) is 12.7 Å². The van der Waals surface area contributed by atoms with Crippen LogP contribution in [0.4, 0.5) is 24.5 Å². The molecule has 2 heterocycles. The van der Waals surface area contributed by atoms with E-state index in [0.717, 1.165) is 17.0 Å². The minimum atomic E-state index is -4.79. The first kappa shape index (κ1) is 26.3. The van der Waals surface area contributed by atoms with Crippen molar-refractivity contribution in [1.82, 2.24) is 10.2 Å². The Bertz CT molecular complexity index is 1340. The van der Waals surface area contributed by atoms with E-state index in [1.54, 1.807) is 47.9 Å². The number of carbonyl (C=O) groups excluding carboxylic acids is 2. The van der Waals surface area contributed by atoms with Crippen molar-refractivity contribution < 1.29 is 22.8 Å². The predicted octanol–water partition coefficient (Wildman–Crippen LogP) is 4.18. The minimum Gasteiger partial charge on any atom is -0.336 e. The lowest BCUT2D eigenvalue weighted by atomic mass is 10.00. The molecule has 2 aromatic rings. The average Bonchev–Trinajstić information content (AvgIpc) is 3.05. The number of amides is 2. The summed E-state index contributed by atoms with van der Waals surface area (Å²) in [6, 6.07) is 9.57. The van der Waals surface area contributed by atoms with Crippen LogP contribution >= 0.6 is 12.2 Å². The number of carbonyl (C=O) groups is 2. The maximum atomic E-state index is 13.6. The first-order valence-corrected chi connectivity index (χ1v) is 11.9. The second-order valence-electron chi connectivity index (χ2n) is 9.17. The molecule has 0 saturated carbocycles. The van der Waals surface area contributed by atoms with E-state index >= 15 is 0 Å². The van der Waals surface area contributed by atoms with E-state index in [0.29, 0.717) is 43.0 Å². The first-order valence-electron chi connectivity index (χ1n) is 11.5. The van der Waals surface area contributed by atoms with Gasteiger partial charge in [-0.05, 0) is 68.0 Å². The molecule has 0 unspecified atom stereocenters. The van der Waals surface area contributed by atoms with Gasteiger partial charge in [0.05, 0.1) is 22.9 Å². The summed E-state index contributed by atoms with van der Waals surface area (Å²) in [4.78, 5) is 30.9. The van der Waals surface area contributed by atoms with Gasteiger partial charge in [0.1, 0.15) is 5.54 Å². The maximum Gasteiger partial charge on any atom is 0.417 e. The number of hydrogen-bond donors (Lipinski definition) is 1. The molecule has 0 spiro atoms. The van der Waals surface area contributed by atoms with Crippen LogP contribution in [0, 0.1) is 11.3 Å². The number of rotatable bonds is 4. The fourth-order valence-corrected chi connectivity index (χ4v) is 5.07. The van der Waals surface area contributed by atoms with E-state index in [4.69, 9.17) is 17.5 Å². The standard InChI is InChI=1S/C26H24F3N5O2S/c1-4-16-13-19(7-8-20(16)22(35)32-11-9-31-10-12-32)34-24(37)33(23(36)25(34,2)3)18-6-5-17(15-30)21(14-18)26(27,28)29/h4-8,13-14,31H,1,9-12H2,2-3H3. The van der Waals surface area contributed by atoms with Gasteiger partial charge >= 0.3 is 6.18 Å². The molecule has 2 amide bonds. The Balaban J connectivity index is 1.73. The van der Waals surface area contributed by atoms with Crippen LogP contribution in [-0.4, -0.2) is 53.5 Å². The van der Waals surface area contributed by atoms with E-state index in [-0.39, 0.29) is 16.7 Å². The van der Waals surface area contributed by atoms with Crippen LogP contribution in [0.1, 0.15) is 40.9 Å². The molecule has 7 nitrogen and oxygen atoms in total. The molecular weight excluding hydrogens is 503 g/mol. The highest BCUT2D eigenvalue weighted by atomic mass is 32.1. The Morgan fingerprint density at radius 1 is 1.16 bits per heavy atom. The van der Waals surface area contributed by atoms with Crippen LogP contribution in [0.5, 0.6) is 0 Å². The number of piperazine rings is 1. The summed E-state index contributed by atoms with van der Waals surface area (Å²) in [5.41, 5.74) is -1.55. The van der Waals surface area contributed by atoms with Crippen LogP contribution in [0.2, 0.25) is 0 Å². The highest BCUT2D eigenvalue weighted by molar-refractivity contribution is 7.81. The highest BCUT2D eigenvalue weighted by Gasteiger charge is 2.50. The molecule has 11 heteroatoms. The molecule has 4 rings (SSSR count). The normalized spacial score (nSPS) is 17.7. The van der Waals surface area contributed by atoms with Gasteiger partial charge in [0.25, 0.3) is 11.8 Å². The molecule has 2 aliphatic rings. The number of nitrogens with zero attached hydrogens (tertiary/aromatic N) is 4. The minimum absolute atomic E-state index is 0.0241. The van der Waals surface area contributed by atoms with E-state index in [2.05, 4.69) is 11.9 Å². The Hall–Kier alpha value is -3.75. The third kappa shape index (κ3) is 4.58. The number of halogens is 3. The van der Waals surface area contributed by atoms with Crippen molar-refractivity contribution in [2.24, 2.45) is 0 Å². The molecule has 2 aromatic carbocycles. The largest absolute Gasteiger partial charge is 0.417 e. The predicted molar refractivity (Wildman–Crippen MR) is 138 cm³/mol. The zero-order valence-corrected chi connectivity index (χ0v) is 21.0. The fourth-order valence-electron chi connectivity index (χ4n) is 4.55. The summed E-state index contributed by atoms with van der Waals surface area (Å²) in [6.07, 6.45) is -3.24. The van der Waals surface area contributed by atoms with Gasteiger partial charge in [-0.25, -0.2) is 0 Å². The Morgan fingerprint density at radius 3 is 2.41 bits per heavy atom. The maximum absolute atomic E-state index is 13.6.